The van der Waals surface area contributed by atoms with Crippen LogP contribution in [0, 0.1) is 6.92 Å². The Morgan fingerprint density at radius 1 is 1.38 bits per heavy atom. The van der Waals surface area contributed by atoms with Gasteiger partial charge in [-0.2, -0.15) is 5.10 Å². The lowest BCUT2D eigenvalue weighted by Crippen LogP contribution is -2.41. The van der Waals surface area contributed by atoms with Gasteiger partial charge in [-0.15, -0.1) is 0 Å². The van der Waals surface area contributed by atoms with Crippen molar-refractivity contribution in [2.24, 2.45) is 0 Å². The van der Waals surface area contributed by atoms with E-state index in [1.165, 1.54) is 13.3 Å². The highest BCUT2D eigenvalue weighted by molar-refractivity contribution is 6.30. The van der Waals surface area contributed by atoms with Crippen LogP contribution in [0.5, 0.6) is 0 Å². The molecule has 0 saturated heterocycles. The van der Waals surface area contributed by atoms with Crippen LogP contribution in [-0.2, 0) is 9.53 Å². The van der Waals surface area contributed by atoms with E-state index in [0.717, 1.165) is 5.69 Å². The highest BCUT2D eigenvalue weighted by atomic mass is 35.5. The number of carbonyl (C=O) groups excluding carboxylic acids is 1. The van der Waals surface area contributed by atoms with Crippen LogP contribution >= 0.6 is 11.6 Å². The number of carboxylic acids is 1. The van der Waals surface area contributed by atoms with Crippen LogP contribution in [0.1, 0.15) is 22.5 Å². The van der Waals surface area contributed by atoms with Gasteiger partial charge in [-0.1, -0.05) is 11.6 Å². The third-order valence-electron chi connectivity index (χ3n) is 3.54. The molecule has 2 aromatic rings. The molecule has 1 aromatic heterocycles. The third-order valence-corrected chi connectivity index (χ3v) is 3.79. The fourth-order valence-corrected chi connectivity index (χ4v) is 2.33. The molecule has 0 saturated carbocycles. The van der Waals surface area contributed by atoms with Crippen LogP contribution in [0.25, 0.3) is 5.69 Å². The minimum Gasteiger partial charge on any atom is -0.480 e. The van der Waals surface area contributed by atoms with Crippen molar-refractivity contribution in [3.8, 4) is 5.69 Å². The minimum atomic E-state index is -1.11. The van der Waals surface area contributed by atoms with Crippen molar-refractivity contribution in [3.63, 3.8) is 0 Å². The summed E-state index contributed by atoms with van der Waals surface area (Å²) in [7, 11) is 1.47. The molecule has 0 fully saturated rings. The van der Waals surface area contributed by atoms with Gasteiger partial charge in [-0.25, -0.2) is 9.48 Å². The van der Waals surface area contributed by atoms with Gasteiger partial charge in [0.05, 0.1) is 23.1 Å². The van der Waals surface area contributed by atoms with Gasteiger partial charge in [0.1, 0.15) is 6.04 Å². The Labute approximate surface area is 144 Å². The van der Waals surface area contributed by atoms with Crippen molar-refractivity contribution >= 4 is 23.5 Å². The van der Waals surface area contributed by atoms with Crippen molar-refractivity contribution in [2.45, 2.75) is 19.4 Å². The van der Waals surface area contributed by atoms with E-state index in [4.69, 9.17) is 16.3 Å². The molecule has 1 heterocycles. The predicted octanol–water partition coefficient (Wildman–Crippen LogP) is 2.05. The number of ether oxygens (including phenoxy) is 1. The highest BCUT2D eigenvalue weighted by Crippen LogP contribution is 2.17. The van der Waals surface area contributed by atoms with Gasteiger partial charge >= 0.3 is 5.97 Å². The number of carbonyl (C=O) groups is 2. The zero-order chi connectivity index (χ0) is 17.7. The minimum absolute atomic E-state index is 0.182. The number of halogens is 1. The summed E-state index contributed by atoms with van der Waals surface area (Å²) in [6.07, 6.45) is 1.59. The molecule has 0 bridgehead atoms. The quantitative estimate of drug-likeness (QED) is 0.796. The van der Waals surface area contributed by atoms with E-state index in [2.05, 4.69) is 10.4 Å². The molecule has 7 nitrogen and oxygen atoms in total. The Morgan fingerprint density at radius 3 is 2.62 bits per heavy atom. The van der Waals surface area contributed by atoms with Gasteiger partial charge in [0.25, 0.3) is 5.91 Å². The van der Waals surface area contributed by atoms with E-state index >= 15 is 0 Å². The maximum atomic E-state index is 12.4. The standard InChI is InChI=1S/C16H18ClN3O4/c1-10-13(15(21)19-14(16(22)23)7-8-24-2)9-18-20(10)12-5-3-11(17)4-6-12/h3-6,9,14H,7-8H2,1-2H3,(H,19,21)(H,22,23). The number of nitrogens with zero attached hydrogens (tertiary/aromatic N) is 2. The molecule has 128 valence electrons. The molecule has 0 aliphatic rings. The Morgan fingerprint density at radius 2 is 2.04 bits per heavy atom. The molecule has 1 aromatic carbocycles. The van der Waals surface area contributed by atoms with Crippen LogP contribution in [0.2, 0.25) is 5.02 Å². The fraction of sp³-hybridized carbons (Fsp3) is 0.312. The molecule has 0 radical (unpaired) electrons. The van der Waals surface area contributed by atoms with Crippen molar-refractivity contribution in [1.82, 2.24) is 15.1 Å². The molecule has 2 N–H and O–H groups in total. The predicted molar refractivity (Wildman–Crippen MR) is 88.7 cm³/mol. The zero-order valence-corrected chi connectivity index (χ0v) is 14.1. The first-order valence-corrected chi connectivity index (χ1v) is 7.65. The van der Waals surface area contributed by atoms with Gasteiger partial charge in [0.15, 0.2) is 0 Å². The molecule has 0 aliphatic carbocycles. The summed E-state index contributed by atoms with van der Waals surface area (Å²) in [6.45, 7) is 1.97. The largest absolute Gasteiger partial charge is 0.480 e. The molecule has 1 amide bonds. The van der Waals surface area contributed by atoms with E-state index in [9.17, 15) is 14.7 Å². The molecule has 1 unspecified atom stereocenters. The van der Waals surface area contributed by atoms with Crippen molar-refractivity contribution in [1.29, 1.82) is 0 Å². The van der Waals surface area contributed by atoms with E-state index in [-0.39, 0.29) is 13.0 Å². The monoisotopic (exact) mass is 351 g/mol. The van der Waals surface area contributed by atoms with Gasteiger partial charge in [0.2, 0.25) is 0 Å². The molecule has 1 atom stereocenters. The summed E-state index contributed by atoms with van der Waals surface area (Å²) in [5.41, 5.74) is 1.67. The van der Waals surface area contributed by atoms with Gasteiger partial charge in [-0.05, 0) is 31.2 Å². The normalized spacial score (nSPS) is 12.0. The van der Waals surface area contributed by atoms with Gasteiger partial charge in [0, 0.05) is 25.2 Å². The average Bonchev–Trinajstić information content (AvgIpc) is 2.93. The zero-order valence-electron chi connectivity index (χ0n) is 13.3. The van der Waals surface area contributed by atoms with Crippen LogP contribution in [-0.4, -0.2) is 46.5 Å². The van der Waals surface area contributed by atoms with Crippen molar-refractivity contribution < 1.29 is 19.4 Å². The first kappa shape index (κ1) is 18.0. The number of nitrogens with one attached hydrogen (secondary N) is 1. The fourth-order valence-electron chi connectivity index (χ4n) is 2.20. The Kier molecular flexibility index (Phi) is 5.94. The Hall–Kier alpha value is -2.38. The molecule has 24 heavy (non-hydrogen) atoms. The number of rotatable bonds is 7. The van der Waals surface area contributed by atoms with Crippen molar-refractivity contribution in [3.05, 3.63) is 46.7 Å². The smallest absolute Gasteiger partial charge is 0.326 e. The first-order valence-electron chi connectivity index (χ1n) is 7.27. The number of aliphatic carboxylic acids is 1. The van der Waals surface area contributed by atoms with Crippen LogP contribution in [0.3, 0.4) is 0 Å². The van der Waals surface area contributed by atoms with E-state index < -0.39 is 17.9 Å². The number of methoxy groups -OCH3 is 1. The number of amides is 1. The Bertz CT molecular complexity index is 727. The maximum absolute atomic E-state index is 12.4. The second-order valence-corrected chi connectivity index (χ2v) is 5.61. The van der Waals surface area contributed by atoms with Crippen LogP contribution in [0.4, 0.5) is 0 Å². The molecular weight excluding hydrogens is 334 g/mol. The van der Waals surface area contributed by atoms with Crippen LogP contribution < -0.4 is 5.32 Å². The third kappa shape index (κ3) is 4.12. The number of hydrogen-bond acceptors (Lipinski definition) is 4. The molecule has 0 spiro atoms. The number of carboxylic acid groups (broad SMARTS) is 1. The van der Waals surface area contributed by atoms with E-state index in [1.54, 1.807) is 35.9 Å². The van der Waals surface area contributed by atoms with E-state index in [1.807, 2.05) is 0 Å². The topological polar surface area (TPSA) is 93.5 Å². The SMILES string of the molecule is COCCC(NC(=O)c1cnn(-c2ccc(Cl)cc2)c1C)C(=O)O. The van der Waals surface area contributed by atoms with Gasteiger partial charge < -0.3 is 15.2 Å². The summed E-state index contributed by atoms with van der Waals surface area (Å²) in [6, 6.07) is 5.99. The lowest BCUT2D eigenvalue weighted by molar-refractivity contribution is -0.139. The number of hydrogen-bond donors (Lipinski definition) is 2. The number of aromatic nitrogens is 2. The second-order valence-electron chi connectivity index (χ2n) is 5.18. The van der Waals surface area contributed by atoms with Crippen LogP contribution in [0.15, 0.2) is 30.5 Å². The second kappa shape index (κ2) is 7.94. The van der Waals surface area contributed by atoms with E-state index in [0.29, 0.717) is 16.3 Å². The summed E-state index contributed by atoms with van der Waals surface area (Å²) in [5, 5.41) is 16.5. The highest BCUT2D eigenvalue weighted by Gasteiger charge is 2.23. The molecule has 0 aliphatic heterocycles. The first-order chi connectivity index (χ1) is 11.4. The maximum Gasteiger partial charge on any atom is 0.326 e. The summed E-state index contributed by atoms with van der Waals surface area (Å²) < 4.78 is 6.46. The van der Waals surface area contributed by atoms with Gasteiger partial charge in [-0.3, -0.25) is 4.79 Å². The molecule has 8 heteroatoms. The Balaban J connectivity index is 2.18. The molecular formula is C16H18ClN3O4. The summed E-state index contributed by atoms with van der Waals surface area (Å²) >= 11 is 5.86. The average molecular weight is 352 g/mol. The molecule has 2 rings (SSSR count). The lowest BCUT2D eigenvalue weighted by Gasteiger charge is -2.14. The number of benzene rings is 1. The summed E-state index contributed by atoms with van der Waals surface area (Å²) in [4.78, 5) is 23.6. The van der Waals surface area contributed by atoms with Crippen molar-refractivity contribution in [2.75, 3.05) is 13.7 Å². The summed E-state index contributed by atoms with van der Waals surface area (Å²) in [5.74, 6) is -1.60. The lowest BCUT2D eigenvalue weighted by atomic mass is 10.2.